The van der Waals surface area contributed by atoms with Gasteiger partial charge in [-0.3, -0.25) is 0 Å². The Morgan fingerprint density at radius 3 is 2.44 bits per heavy atom. The Labute approximate surface area is 110 Å². The lowest BCUT2D eigenvalue weighted by atomic mass is 10.0. The molecule has 1 heterocycles. The summed E-state index contributed by atoms with van der Waals surface area (Å²) in [6.45, 7) is 7.24. The molecule has 104 valence electrons. The van der Waals surface area contributed by atoms with Crippen molar-refractivity contribution in [2.75, 3.05) is 11.9 Å². The first-order chi connectivity index (χ1) is 8.59. The zero-order valence-corrected chi connectivity index (χ0v) is 11.8. The third-order valence-electron chi connectivity index (χ3n) is 2.81. The maximum Gasteiger partial charge on any atom is 0.315 e. The smallest absolute Gasteiger partial charge is 0.315 e. The molecule has 5 nitrogen and oxygen atoms in total. The minimum absolute atomic E-state index is 0.205. The van der Waals surface area contributed by atoms with Gasteiger partial charge in [-0.25, -0.2) is 0 Å². The Hall–Kier alpha value is -1.10. The van der Waals surface area contributed by atoms with Gasteiger partial charge in [-0.05, 0) is 19.3 Å². The van der Waals surface area contributed by atoms with E-state index in [-0.39, 0.29) is 6.04 Å². The molecule has 1 rings (SSSR count). The molecule has 0 aromatic carbocycles. The van der Waals surface area contributed by atoms with Crippen molar-refractivity contribution in [2.45, 2.75) is 58.9 Å². The van der Waals surface area contributed by atoms with E-state index in [1.807, 2.05) is 6.92 Å². The molecule has 0 aliphatic rings. The summed E-state index contributed by atoms with van der Waals surface area (Å²) in [4.78, 5) is 0. The molecule has 18 heavy (non-hydrogen) atoms. The number of hydrogen-bond acceptors (Lipinski definition) is 5. The minimum Gasteiger partial charge on any atom is -0.406 e. The highest BCUT2D eigenvalue weighted by Crippen LogP contribution is 2.12. The van der Waals surface area contributed by atoms with Crippen molar-refractivity contribution in [1.82, 2.24) is 10.2 Å². The lowest BCUT2D eigenvalue weighted by Crippen LogP contribution is -2.04. The zero-order chi connectivity index (χ0) is 13.4. The quantitative estimate of drug-likeness (QED) is 0.662. The van der Waals surface area contributed by atoms with Gasteiger partial charge in [0.15, 0.2) is 0 Å². The molecule has 0 saturated carbocycles. The van der Waals surface area contributed by atoms with Crippen LogP contribution in [0.4, 0.5) is 6.01 Å². The summed E-state index contributed by atoms with van der Waals surface area (Å²) in [6, 6.07) is 0.272. The number of aromatic nitrogens is 2. The van der Waals surface area contributed by atoms with E-state index in [0.717, 1.165) is 18.9 Å². The van der Waals surface area contributed by atoms with Crippen LogP contribution < -0.4 is 11.1 Å². The monoisotopic (exact) mass is 254 g/mol. The van der Waals surface area contributed by atoms with Gasteiger partial charge in [0.1, 0.15) is 0 Å². The van der Waals surface area contributed by atoms with Crippen LogP contribution in [0, 0.1) is 5.92 Å². The number of unbranched alkanes of at least 4 members (excludes halogenated alkanes) is 3. The minimum atomic E-state index is -0.205. The molecule has 0 amide bonds. The van der Waals surface area contributed by atoms with Crippen LogP contribution in [0.2, 0.25) is 0 Å². The Balaban J connectivity index is 2.03. The van der Waals surface area contributed by atoms with E-state index >= 15 is 0 Å². The first kappa shape index (κ1) is 15.0. The van der Waals surface area contributed by atoms with E-state index in [1.165, 1.54) is 25.7 Å². The predicted octanol–water partition coefficient (Wildman–Crippen LogP) is 3.11. The summed E-state index contributed by atoms with van der Waals surface area (Å²) >= 11 is 0. The van der Waals surface area contributed by atoms with Gasteiger partial charge in [0.25, 0.3) is 0 Å². The average molecular weight is 254 g/mol. The summed E-state index contributed by atoms with van der Waals surface area (Å²) in [5.41, 5.74) is 5.64. The molecule has 5 heteroatoms. The predicted molar refractivity (Wildman–Crippen MR) is 73.3 cm³/mol. The molecule has 0 aliphatic heterocycles. The molecule has 0 spiro atoms. The fraction of sp³-hybridized carbons (Fsp3) is 0.846. The number of rotatable bonds is 9. The molecule has 3 N–H and O–H groups in total. The molecule has 0 fully saturated rings. The van der Waals surface area contributed by atoms with Crippen LogP contribution in [0.5, 0.6) is 0 Å². The number of nitrogens with one attached hydrogen (secondary N) is 1. The van der Waals surface area contributed by atoms with Crippen LogP contribution in [0.1, 0.15) is 64.8 Å². The average Bonchev–Trinajstić information content (AvgIpc) is 2.76. The van der Waals surface area contributed by atoms with Gasteiger partial charge in [0, 0.05) is 6.54 Å². The maximum atomic E-state index is 5.64. The highest BCUT2D eigenvalue weighted by molar-refractivity contribution is 5.16. The first-order valence-electron chi connectivity index (χ1n) is 6.92. The number of hydrogen-bond donors (Lipinski definition) is 2. The Bertz CT molecular complexity index is 323. The van der Waals surface area contributed by atoms with Crippen molar-refractivity contribution in [2.24, 2.45) is 11.7 Å². The maximum absolute atomic E-state index is 5.64. The van der Waals surface area contributed by atoms with Crippen LogP contribution >= 0.6 is 0 Å². The second kappa shape index (κ2) is 8.08. The van der Waals surface area contributed by atoms with E-state index in [0.29, 0.717) is 11.9 Å². The Morgan fingerprint density at radius 2 is 1.83 bits per heavy atom. The second-order valence-corrected chi connectivity index (χ2v) is 5.26. The summed E-state index contributed by atoms with van der Waals surface area (Å²) in [5.74, 6) is 1.30. The normalized spacial score (nSPS) is 12.9. The number of nitrogens with zero attached hydrogens (tertiary/aromatic N) is 2. The summed E-state index contributed by atoms with van der Waals surface area (Å²) in [5, 5.41) is 10.9. The SMILES string of the molecule is CC(C)CCCCCCNc1nnc(C(C)N)o1. The van der Waals surface area contributed by atoms with Gasteiger partial charge in [-0.15, -0.1) is 5.10 Å². The lowest BCUT2D eigenvalue weighted by molar-refractivity contribution is 0.471. The summed E-state index contributed by atoms with van der Waals surface area (Å²) in [6.07, 6.45) is 6.33. The van der Waals surface area contributed by atoms with Gasteiger partial charge in [-0.1, -0.05) is 44.6 Å². The highest BCUT2D eigenvalue weighted by atomic mass is 16.4. The topological polar surface area (TPSA) is 77.0 Å². The molecule has 0 radical (unpaired) electrons. The van der Waals surface area contributed by atoms with Crippen LogP contribution in [-0.2, 0) is 0 Å². The summed E-state index contributed by atoms with van der Waals surface area (Å²) < 4.78 is 5.35. The van der Waals surface area contributed by atoms with Crippen LogP contribution in [-0.4, -0.2) is 16.7 Å². The zero-order valence-electron chi connectivity index (χ0n) is 11.8. The Kier molecular flexibility index (Phi) is 6.72. The van der Waals surface area contributed by atoms with E-state index in [1.54, 1.807) is 0 Å². The fourth-order valence-corrected chi connectivity index (χ4v) is 1.72. The Morgan fingerprint density at radius 1 is 1.11 bits per heavy atom. The van der Waals surface area contributed by atoms with Crippen molar-refractivity contribution < 1.29 is 4.42 Å². The molecule has 0 aliphatic carbocycles. The van der Waals surface area contributed by atoms with Crippen molar-refractivity contribution in [3.05, 3.63) is 5.89 Å². The van der Waals surface area contributed by atoms with Gasteiger partial charge < -0.3 is 15.5 Å². The van der Waals surface area contributed by atoms with Gasteiger partial charge in [0.05, 0.1) is 6.04 Å². The highest BCUT2D eigenvalue weighted by Gasteiger charge is 2.08. The number of nitrogens with two attached hydrogens (primary N) is 1. The fourth-order valence-electron chi connectivity index (χ4n) is 1.72. The van der Waals surface area contributed by atoms with Gasteiger partial charge in [-0.2, -0.15) is 0 Å². The third kappa shape index (κ3) is 6.00. The standard InChI is InChI=1S/C13H26N4O/c1-10(2)8-6-4-5-7-9-15-13-17-16-12(18-13)11(3)14/h10-11H,4-9,14H2,1-3H3,(H,15,17). The largest absolute Gasteiger partial charge is 0.406 e. The molecule has 0 saturated heterocycles. The van der Waals surface area contributed by atoms with E-state index < -0.39 is 0 Å². The molecule has 1 atom stereocenters. The second-order valence-electron chi connectivity index (χ2n) is 5.26. The van der Waals surface area contributed by atoms with Gasteiger partial charge >= 0.3 is 6.01 Å². The molecule has 1 aromatic rings. The third-order valence-corrected chi connectivity index (χ3v) is 2.81. The molecular weight excluding hydrogens is 228 g/mol. The van der Waals surface area contributed by atoms with Gasteiger partial charge in [0.2, 0.25) is 5.89 Å². The summed E-state index contributed by atoms with van der Waals surface area (Å²) in [7, 11) is 0. The van der Waals surface area contributed by atoms with Crippen molar-refractivity contribution in [1.29, 1.82) is 0 Å². The van der Waals surface area contributed by atoms with E-state index in [4.69, 9.17) is 10.2 Å². The van der Waals surface area contributed by atoms with Crippen LogP contribution in [0.15, 0.2) is 4.42 Å². The van der Waals surface area contributed by atoms with Crippen molar-refractivity contribution >= 4 is 6.01 Å². The van der Waals surface area contributed by atoms with Crippen LogP contribution in [0.25, 0.3) is 0 Å². The molecule has 1 unspecified atom stereocenters. The van der Waals surface area contributed by atoms with E-state index in [2.05, 4.69) is 29.4 Å². The lowest BCUT2D eigenvalue weighted by Gasteiger charge is -2.04. The molecule has 1 aromatic heterocycles. The van der Waals surface area contributed by atoms with E-state index in [9.17, 15) is 0 Å². The van der Waals surface area contributed by atoms with Crippen molar-refractivity contribution in [3.8, 4) is 0 Å². The molecule has 0 bridgehead atoms. The van der Waals surface area contributed by atoms with Crippen molar-refractivity contribution in [3.63, 3.8) is 0 Å². The first-order valence-corrected chi connectivity index (χ1v) is 6.92. The molecular formula is C13H26N4O. The number of anilines is 1. The van der Waals surface area contributed by atoms with Crippen LogP contribution in [0.3, 0.4) is 0 Å².